The number of nitrogens with zero attached hydrogens (tertiary/aromatic N) is 1. The summed E-state index contributed by atoms with van der Waals surface area (Å²) in [7, 11) is -3.59. The number of allylic oxidation sites excluding steroid dienone is 1. The molecule has 0 bridgehead atoms. The van der Waals surface area contributed by atoms with Crippen molar-refractivity contribution in [2.45, 2.75) is 18.7 Å². The first kappa shape index (κ1) is 14.3. The number of hydrogen-bond acceptors (Lipinski definition) is 2. The zero-order valence-corrected chi connectivity index (χ0v) is 12.3. The minimum atomic E-state index is -3.59. The fourth-order valence-electron chi connectivity index (χ4n) is 1.84. The van der Waals surface area contributed by atoms with Gasteiger partial charge in [0.15, 0.2) is 0 Å². The van der Waals surface area contributed by atoms with Crippen molar-refractivity contribution in [2.75, 3.05) is 4.31 Å². The molecule has 0 aromatic heterocycles. The van der Waals surface area contributed by atoms with Crippen LogP contribution in [0.2, 0.25) is 0 Å². The van der Waals surface area contributed by atoms with Crippen molar-refractivity contribution >= 4 is 15.7 Å². The zero-order valence-electron chi connectivity index (χ0n) is 11.5. The highest BCUT2D eigenvalue weighted by molar-refractivity contribution is 7.93. The molecule has 0 amide bonds. The SMILES string of the molecule is CC=CN(c1ccccc1)S(=O)(=O)c1ccc(C)cc1. The number of hydrogen-bond donors (Lipinski definition) is 0. The van der Waals surface area contributed by atoms with E-state index >= 15 is 0 Å². The maximum Gasteiger partial charge on any atom is 0.268 e. The van der Waals surface area contributed by atoms with Crippen LogP contribution in [0.4, 0.5) is 5.69 Å². The van der Waals surface area contributed by atoms with Crippen LogP contribution in [0.3, 0.4) is 0 Å². The molecule has 2 rings (SSSR count). The van der Waals surface area contributed by atoms with Crippen molar-refractivity contribution in [1.82, 2.24) is 0 Å². The molecule has 0 unspecified atom stereocenters. The van der Waals surface area contributed by atoms with Gasteiger partial charge in [-0.3, -0.25) is 0 Å². The first-order valence-electron chi connectivity index (χ1n) is 6.34. The second-order valence-electron chi connectivity index (χ2n) is 4.43. The average Bonchev–Trinajstić information content (AvgIpc) is 2.46. The van der Waals surface area contributed by atoms with Crippen LogP contribution in [0.1, 0.15) is 12.5 Å². The van der Waals surface area contributed by atoms with Gasteiger partial charge < -0.3 is 0 Å². The molecule has 2 aromatic rings. The third-order valence-electron chi connectivity index (χ3n) is 2.87. The van der Waals surface area contributed by atoms with Gasteiger partial charge in [0.2, 0.25) is 0 Å². The van der Waals surface area contributed by atoms with Gasteiger partial charge in [0.25, 0.3) is 10.0 Å². The summed E-state index contributed by atoms with van der Waals surface area (Å²) in [5.74, 6) is 0. The number of para-hydroxylation sites is 1. The Labute approximate surface area is 120 Å². The Morgan fingerprint density at radius 1 is 0.950 bits per heavy atom. The normalized spacial score (nSPS) is 11.7. The highest BCUT2D eigenvalue weighted by Crippen LogP contribution is 2.24. The molecule has 2 aromatic carbocycles. The minimum Gasteiger partial charge on any atom is -0.242 e. The lowest BCUT2D eigenvalue weighted by Gasteiger charge is -2.20. The maximum atomic E-state index is 12.7. The van der Waals surface area contributed by atoms with Gasteiger partial charge in [-0.15, -0.1) is 0 Å². The molecule has 0 fully saturated rings. The predicted molar refractivity (Wildman–Crippen MR) is 82.1 cm³/mol. The Morgan fingerprint density at radius 2 is 1.55 bits per heavy atom. The van der Waals surface area contributed by atoms with Crippen LogP contribution in [0, 0.1) is 6.92 Å². The van der Waals surface area contributed by atoms with Crippen LogP contribution >= 0.6 is 0 Å². The molecule has 20 heavy (non-hydrogen) atoms. The lowest BCUT2D eigenvalue weighted by atomic mass is 10.2. The molecule has 0 atom stereocenters. The van der Waals surface area contributed by atoms with Crippen LogP contribution < -0.4 is 4.31 Å². The molecule has 0 aliphatic rings. The standard InChI is InChI=1S/C16H17NO2S/c1-3-13-17(15-7-5-4-6-8-15)20(18,19)16-11-9-14(2)10-12-16/h3-13H,1-2H3. The Balaban J connectivity index is 2.51. The van der Waals surface area contributed by atoms with E-state index in [0.717, 1.165) is 5.56 Å². The van der Waals surface area contributed by atoms with Crippen molar-refractivity contribution in [3.8, 4) is 0 Å². The van der Waals surface area contributed by atoms with Gasteiger partial charge in [-0.1, -0.05) is 42.0 Å². The minimum absolute atomic E-state index is 0.282. The molecule has 0 N–H and O–H groups in total. The number of anilines is 1. The van der Waals surface area contributed by atoms with Crippen molar-refractivity contribution in [2.24, 2.45) is 0 Å². The maximum absolute atomic E-state index is 12.7. The molecule has 0 heterocycles. The second kappa shape index (κ2) is 5.92. The largest absolute Gasteiger partial charge is 0.268 e. The van der Waals surface area contributed by atoms with E-state index in [1.54, 1.807) is 55.6 Å². The lowest BCUT2D eigenvalue weighted by molar-refractivity contribution is 0.596. The van der Waals surface area contributed by atoms with E-state index in [2.05, 4.69) is 0 Å². The molecule has 0 aliphatic carbocycles. The molecule has 0 radical (unpaired) electrons. The van der Waals surface area contributed by atoms with Gasteiger partial charge in [-0.05, 0) is 38.1 Å². The van der Waals surface area contributed by atoms with E-state index in [0.29, 0.717) is 5.69 Å². The summed E-state index contributed by atoms with van der Waals surface area (Å²) in [6, 6.07) is 15.9. The highest BCUT2D eigenvalue weighted by atomic mass is 32.2. The van der Waals surface area contributed by atoms with E-state index in [4.69, 9.17) is 0 Å². The molecule has 0 spiro atoms. The van der Waals surface area contributed by atoms with Crippen LogP contribution in [0.5, 0.6) is 0 Å². The molecule has 0 aliphatic heterocycles. The van der Waals surface area contributed by atoms with Gasteiger partial charge >= 0.3 is 0 Å². The van der Waals surface area contributed by atoms with Crippen LogP contribution in [0.15, 0.2) is 71.8 Å². The number of benzene rings is 2. The van der Waals surface area contributed by atoms with Crippen molar-refractivity contribution in [3.05, 3.63) is 72.4 Å². The third kappa shape index (κ3) is 2.91. The van der Waals surface area contributed by atoms with Gasteiger partial charge in [0.1, 0.15) is 0 Å². The Hall–Kier alpha value is -2.07. The fourth-order valence-corrected chi connectivity index (χ4v) is 3.23. The average molecular weight is 287 g/mol. The van der Waals surface area contributed by atoms with E-state index in [-0.39, 0.29) is 4.90 Å². The smallest absolute Gasteiger partial charge is 0.242 e. The summed E-state index contributed by atoms with van der Waals surface area (Å²) in [4.78, 5) is 0.282. The summed E-state index contributed by atoms with van der Waals surface area (Å²) < 4.78 is 26.7. The van der Waals surface area contributed by atoms with E-state index in [1.165, 1.54) is 4.31 Å². The molecule has 0 saturated carbocycles. The summed E-state index contributed by atoms with van der Waals surface area (Å²) >= 11 is 0. The Bertz CT molecular complexity index is 689. The number of aryl methyl sites for hydroxylation is 1. The van der Waals surface area contributed by atoms with Crippen molar-refractivity contribution in [3.63, 3.8) is 0 Å². The molecular weight excluding hydrogens is 270 g/mol. The topological polar surface area (TPSA) is 37.4 Å². The molecule has 3 nitrogen and oxygen atoms in total. The molecule has 0 saturated heterocycles. The summed E-state index contributed by atoms with van der Waals surface area (Å²) in [6.07, 6.45) is 3.27. The number of sulfonamides is 1. The summed E-state index contributed by atoms with van der Waals surface area (Å²) in [5, 5.41) is 0. The molecular formula is C16H17NO2S. The van der Waals surface area contributed by atoms with Crippen LogP contribution in [-0.2, 0) is 10.0 Å². The predicted octanol–water partition coefficient (Wildman–Crippen LogP) is 3.72. The Kier molecular flexibility index (Phi) is 4.25. The number of rotatable bonds is 4. The van der Waals surface area contributed by atoms with E-state index < -0.39 is 10.0 Å². The van der Waals surface area contributed by atoms with E-state index in [9.17, 15) is 8.42 Å². The van der Waals surface area contributed by atoms with E-state index in [1.807, 2.05) is 25.1 Å². The summed E-state index contributed by atoms with van der Waals surface area (Å²) in [6.45, 7) is 3.72. The highest BCUT2D eigenvalue weighted by Gasteiger charge is 2.22. The molecule has 104 valence electrons. The lowest BCUT2D eigenvalue weighted by Crippen LogP contribution is -2.25. The quantitative estimate of drug-likeness (QED) is 0.859. The fraction of sp³-hybridized carbons (Fsp3) is 0.125. The van der Waals surface area contributed by atoms with Gasteiger partial charge in [0, 0.05) is 6.20 Å². The van der Waals surface area contributed by atoms with Crippen LogP contribution in [0.25, 0.3) is 0 Å². The molecule has 4 heteroatoms. The summed E-state index contributed by atoms with van der Waals surface area (Å²) in [5.41, 5.74) is 1.65. The van der Waals surface area contributed by atoms with Crippen LogP contribution in [-0.4, -0.2) is 8.42 Å². The van der Waals surface area contributed by atoms with Crippen molar-refractivity contribution < 1.29 is 8.42 Å². The zero-order chi connectivity index (χ0) is 14.6. The first-order valence-corrected chi connectivity index (χ1v) is 7.78. The second-order valence-corrected chi connectivity index (χ2v) is 6.25. The third-order valence-corrected chi connectivity index (χ3v) is 4.59. The monoisotopic (exact) mass is 287 g/mol. The van der Waals surface area contributed by atoms with Crippen molar-refractivity contribution in [1.29, 1.82) is 0 Å². The Morgan fingerprint density at radius 3 is 2.10 bits per heavy atom. The first-order chi connectivity index (χ1) is 9.55. The van der Waals surface area contributed by atoms with Gasteiger partial charge in [-0.25, -0.2) is 12.7 Å². The van der Waals surface area contributed by atoms with Gasteiger partial charge in [0.05, 0.1) is 10.6 Å². The van der Waals surface area contributed by atoms with Gasteiger partial charge in [-0.2, -0.15) is 0 Å².